The molecule has 0 aliphatic heterocycles. The minimum Gasteiger partial charge on any atom is -0.435 e. The zero-order valence-electron chi connectivity index (χ0n) is 16.0. The van der Waals surface area contributed by atoms with Gasteiger partial charge in [-0.25, -0.2) is 8.78 Å². The Kier molecular flexibility index (Phi) is 7.14. The van der Waals surface area contributed by atoms with E-state index in [2.05, 4.69) is 15.4 Å². The second-order valence-electron chi connectivity index (χ2n) is 6.47. The van der Waals surface area contributed by atoms with Gasteiger partial charge < -0.3 is 20.8 Å². The van der Waals surface area contributed by atoms with E-state index in [1.54, 1.807) is 0 Å². The number of carbonyl (C=O) groups is 2. The summed E-state index contributed by atoms with van der Waals surface area (Å²) in [5.74, 6) is -6.50. The van der Waals surface area contributed by atoms with Gasteiger partial charge in [0.15, 0.2) is 5.92 Å². The van der Waals surface area contributed by atoms with Crippen LogP contribution in [0.4, 0.5) is 28.9 Å². The molecule has 160 valence electrons. The Hall–Kier alpha value is -3.43. The van der Waals surface area contributed by atoms with Crippen LogP contribution in [0.15, 0.2) is 48.5 Å². The van der Waals surface area contributed by atoms with E-state index in [4.69, 9.17) is 5.41 Å². The molecule has 2 aromatic carbocycles. The summed E-state index contributed by atoms with van der Waals surface area (Å²) in [5, 5.41) is 12.5. The first-order valence-corrected chi connectivity index (χ1v) is 8.67. The Morgan fingerprint density at radius 3 is 2.07 bits per heavy atom. The van der Waals surface area contributed by atoms with Gasteiger partial charge in [0.25, 0.3) is 5.92 Å². The molecule has 6 nitrogen and oxygen atoms in total. The van der Waals surface area contributed by atoms with E-state index < -0.39 is 30.3 Å². The lowest BCUT2D eigenvalue weighted by Gasteiger charge is -2.17. The number of benzene rings is 2. The quantitative estimate of drug-likeness (QED) is 0.327. The SMILES string of the molecule is CC(=N)C(C(=O)Nc1ccc(OC(F)F)cc1)C(=O)Nc1cccc(C(C)(F)F)c1. The molecular formula is C20H19F4N3O3. The molecule has 0 aromatic heterocycles. The van der Waals surface area contributed by atoms with Gasteiger partial charge in [-0.05, 0) is 43.3 Å². The third kappa shape index (κ3) is 6.29. The number of nitrogens with one attached hydrogen (secondary N) is 3. The number of hydrogen-bond donors (Lipinski definition) is 3. The van der Waals surface area contributed by atoms with E-state index in [0.717, 1.165) is 6.07 Å². The normalized spacial score (nSPS) is 12.2. The predicted molar refractivity (Wildman–Crippen MR) is 103 cm³/mol. The van der Waals surface area contributed by atoms with Crippen LogP contribution in [0.25, 0.3) is 0 Å². The summed E-state index contributed by atoms with van der Waals surface area (Å²) in [6.45, 7) is -1.03. The summed E-state index contributed by atoms with van der Waals surface area (Å²) >= 11 is 0. The molecular weight excluding hydrogens is 406 g/mol. The molecule has 0 radical (unpaired) electrons. The van der Waals surface area contributed by atoms with Crippen LogP contribution in [0.1, 0.15) is 19.4 Å². The van der Waals surface area contributed by atoms with Gasteiger partial charge in [0.1, 0.15) is 5.75 Å². The van der Waals surface area contributed by atoms with Crippen LogP contribution in [-0.2, 0) is 15.5 Å². The van der Waals surface area contributed by atoms with Gasteiger partial charge in [-0.2, -0.15) is 8.78 Å². The monoisotopic (exact) mass is 425 g/mol. The van der Waals surface area contributed by atoms with E-state index in [-0.39, 0.29) is 28.4 Å². The lowest BCUT2D eigenvalue weighted by atomic mass is 10.0. The maximum Gasteiger partial charge on any atom is 0.387 e. The van der Waals surface area contributed by atoms with E-state index >= 15 is 0 Å². The minimum absolute atomic E-state index is 0.0478. The number of anilines is 2. The highest BCUT2D eigenvalue weighted by Crippen LogP contribution is 2.28. The summed E-state index contributed by atoms with van der Waals surface area (Å²) in [6, 6.07) is 9.96. The standard InChI is InChI=1S/C20H19F4N3O3/c1-11(25)16(17(28)26-13-6-8-15(9-7-13)30-19(21)22)18(29)27-14-5-3-4-12(10-14)20(2,23)24/h3-10,16,19,25H,1-2H3,(H,26,28)(H,27,29). The molecule has 2 amide bonds. The van der Waals surface area contributed by atoms with Crippen molar-refractivity contribution in [2.75, 3.05) is 10.6 Å². The van der Waals surface area contributed by atoms with Crippen molar-refractivity contribution in [3.8, 4) is 5.75 Å². The molecule has 0 aliphatic rings. The summed E-state index contributed by atoms with van der Waals surface area (Å²) in [7, 11) is 0. The van der Waals surface area contributed by atoms with Crippen LogP contribution < -0.4 is 15.4 Å². The molecule has 0 aliphatic carbocycles. The smallest absolute Gasteiger partial charge is 0.387 e. The maximum atomic E-state index is 13.5. The largest absolute Gasteiger partial charge is 0.435 e. The Labute approximate surface area is 169 Å². The molecule has 2 aromatic rings. The Balaban J connectivity index is 2.12. The van der Waals surface area contributed by atoms with E-state index in [9.17, 15) is 27.2 Å². The van der Waals surface area contributed by atoms with Crippen molar-refractivity contribution in [3.63, 3.8) is 0 Å². The van der Waals surface area contributed by atoms with Gasteiger partial charge in [-0.15, -0.1) is 0 Å². The van der Waals surface area contributed by atoms with Crippen molar-refractivity contribution in [1.82, 2.24) is 0 Å². The Morgan fingerprint density at radius 2 is 1.57 bits per heavy atom. The average molecular weight is 425 g/mol. The summed E-state index contributed by atoms with van der Waals surface area (Å²) in [4.78, 5) is 25.0. The van der Waals surface area contributed by atoms with Crippen LogP contribution >= 0.6 is 0 Å². The molecule has 0 saturated heterocycles. The highest BCUT2D eigenvalue weighted by molar-refractivity contribution is 6.24. The molecule has 0 saturated carbocycles. The third-order valence-electron chi connectivity index (χ3n) is 3.94. The summed E-state index contributed by atoms with van der Waals surface area (Å²) < 4.78 is 55.5. The van der Waals surface area contributed by atoms with Crippen molar-refractivity contribution in [3.05, 3.63) is 54.1 Å². The summed E-state index contributed by atoms with van der Waals surface area (Å²) in [5.41, 5.74) is -0.363. The van der Waals surface area contributed by atoms with Crippen molar-refractivity contribution < 1.29 is 31.9 Å². The number of carbonyl (C=O) groups excluding carboxylic acids is 2. The van der Waals surface area contributed by atoms with Crippen LogP contribution in [0.2, 0.25) is 0 Å². The van der Waals surface area contributed by atoms with Gasteiger partial charge in [0.05, 0.1) is 0 Å². The number of rotatable bonds is 8. The van der Waals surface area contributed by atoms with Crippen LogP contribution in [-0.4, -0.2) is 24.1 Å². The lowest BCUT2D eigenvalue weighted by Crippen LogP contribution is -2.38. The zero-order chi connectivity index (χ0) is 22.5. The van der Waals surface area contributed by atoms with E-state index in [1.165, 1.54) is 49.4 Å². The van der Waals surface area contributed by atoms with Gasteiger partial charge in [0.2, 0.25) is 11.8 Å². The molecule has 0 fully saturated rings. The molecule has 2 rings (SSSR count). The molecule has 30 heavy (non-hydrogen) atoms. The fourth-order valence-corrected chi connectivity index (χ4v) is 2.53. The number of hydrogen-bond acceptors (Lipinski definition) is 4. The van der Waals surface area contributed by atoms with E-state index in [1.807, 2.05) is 0 Å². The average Bonchev–Trinajstić information content (AvgIpc) is 2.62. The lowest BCUT2D eigenvalue weighted by molar-refractivity contribution is -0.126. The molecule has 1 unspecified atom stereocenters. The van der Waals surface area contributed by atoms with Crippen molar-refractivity contribution in [2.45, 2.75) is 26.4 Å². The highest BCUT2D eigenvalue weighted by atomic mass is 19.3. The van der Waals surface area contributed by atoms with Gasteiger partial charge >= 0.3 is 6.61 Å². The van der Waals surface area contributed by atoms with Crippen molar-refractivity contribution in [2.24, 2.45) is 5.92 Å². The molecule has 10 heteroatoms. The fourth-order valence-electron chi connectivity index (χ4n) is 2.53. The first-order valence-electron chi connectivity index (χ1n) is 8.67. The van der Waals surface area contributed by atoms with Crippen LogP contribution in [0, 0.1) is 11.3 Å². The molecule has 0 bridgehead atoms. The Morgan fingerprint density at radius 1 is 1.00 bits per heavy atom. The minimum atomic E-state index is -3.12. The van der Waals surface area contributed by atoms with Crippen molar-refractivity contribution >= 4 is 28.9 Å². The predicted octanol–water partition coefficient (Wildman–Crippen LogP) is 4.63. The zero-order valence-corrected chi connectivity index (χ0v) is 16.0. The van der Waals surface area contributed by atoms with Gasteiger partial charge in [-0.3, -0.25) is 9.59 Å². The van der Waals surface area contributed by atoms with Crippen molar-refractivity contribution in [1.29, 1.82) is 5.41 Å². The number of halogens is 4. The number of amides is 2. The molecule has 1 atom stereocenters. The first kappa shape index (κ1) is 22.9. The molecule has 0 spiro atoms. The second kappa shape index (κ2) is 9.38. The second-order valence-corrected chi connectivity index (χ2v) is 6.47. The molecule has 0 heterocycles. The first-order chi connectivity index (χ1) is 14.0. The van der Waals surface area contributed by atoms with E-state index in [0.29, 0.717) is 6.92 Å². The van der Waals surface area contributed by atoms with Gasteiger partial charge in [0, 0.05) is 29.6 Å². The number of alkyl halides is 4. The topological polar surface area (TPSA) is 91.3 Å². The maximum absolute atomic E-state index is 13.5. The highest BCUT2D eigenvalue weighted by Gasteiger charge is 2.30. The van der Waals surface area contributed by atoms with Crippen LogP contribution in [0.5, 0.6) is 5.75 Å². The number of ether oxygens (including phenoxy) is 1. The Bertz CT molecular complexity index is 928. The fraction of sp³-hybridized carbons (Fsp3) is 0.250. The van der Waals surface area contributed by atoms with Crippen LogP contribution in [0.3, 0.4) is 0 Å². The summed E-state index contributed by atoms with van der Waals surface area (Å²) in [6.07, 6.45) is 0. The molecule has 3 N–H and O–H groups in total. The third-order valence-corrected chi connectivity index (χ3v) is 3.94. The van der Waals surface area contributed by atoms with Gasteiger partial charge in [-0.1, -0.05) is 12.1 Å².